The molecule has 40 heavy (non-hydrogen) atoms. The molecule has 3 aromatic carbocycles. The van der Waals surface area contributed by atoms with Crippen molar-refractivity contribution >= 4 is 40.1 Å². The first-order chi connectivity index (χ1) is 19.5. The molecule has 0 N–H and O–H groups in total. The highest BCUT2D eigenvalue weighted by atomic mass is 35.5. The van der Waals surface area contributed by atoms with Gasteiger partial charge < -0.3 is 18.9 Å². The molecule has 1 fully saturated rings. The van der Waals surface area contributed by atoms with E-state index in [2.05, 4.69) is 21.7 Å². The van der Waals surface area contributed by atoms with Crippen LogP contribution in [0.2, 0.25) is 10.0 Å². The number of fused-ring (bicyclic) bond motifs is 1. The highest BCUT2D eigenvalue weighted by Gasteiger charge is 2.19. The summed E-state index contributed by atoms with van der Waals surface area (Å²) in [5.74, 6) is 1.39. The second-order valence-electron chi connectivity index (χ2n) is 9.51. The number of carbonyl (C=O) groups is 1. The van der Waals surface area contributed by atoms with Crippen molar-refractivity contribution in [3.63, 3.8) is 0 Å². The van der Waals surface area contributed by atoms with E-state index in [1.165, 1.54) is 0 Å². The predicted octanol–water partition coefficient (Wildman–Crippen LogP) is 6.50. The first-order valence-electron chi connectivity index (χ1n) is 13.0. The molecule has 6 rings (SSSR count). The number of morpholine rings is 1. The third kappa shape index (κ3) is 5.68. The van der Waals surface area contributed by atoms with Crippen LogP contribution in [0.3, 0.4) is 0 Å². The fourth-order valence-corrected chi connectivity index (χ4v) is 5.18. The van der Waals surface area contributed by atoms with Gasteiger partial charge in [-0.1, -0.05) is 29.3 Å². The second kappa shape index (κ2) is 11.7. The number of halogens is 2. The van der Waals surface area contributed by atoms with Crippen molar-refractivity contribution in [1.82, 2.24) is 19.4 Å². The van der Waals surface area contributed by atoms with Crippen molar-refractivity contribution in [3.8, 4) is 16.9 Å². The number of nitrogens with zero attached hydrogens (tertiary/aromatic N) is 4. The van der Waals surface area contributed by atoms with Crippen LogP contribution in [-0.2, 0) is 17.9 Å². The minimum absolute atomic E-state index is 0.0000414. The summed E-state index contributed by atoms with van der Waals surface area (Å²) < 4.78 is 13.6. The van der Waals surface area contributed by atoms with Crippen LogP contribution in [0.5, 0.6) is 5.75 Å². The van der Waals surface area contributed by atoms with Crippen molar-refractivity contribution in [3.05, 3.63) is 112 Å². The normalized spacial score (nSPS) is 13.5. The standard InChI is InChI=1S/C31H26Cl2N4O3/c32-25-4-7-27(33)24(17-25)19-37-29-18-23(21-9-11-34-12-10-21)3-8-28(29)35-30(37)20-40-26-5-1-22(2-6-26)31(38)36-13-15-39-16-14-36/h1-12,17-18H,13-16,19-20H2. The number of carbonyl (C=O) groups excluding carboxylic acids is 1. The Morgan fingerprint density at radius 1 is 0.900 bits per heavy atom. The maximum Gasteiger partial charge on any atom is 0.254 e. The fraction of sp³-hybridized carbons (Fsp3) is 0.194. The van der Waals surface area contributed by atoms with Crippen molar-refractivity contribution in [2.45, 2.75) is 13.2 Å². The first kappa shape index (κ1) is 26.3. The third-order valence-corrected chi connectivity index (χ3v) is 7.55. The van der Waals surface area contributed by atoms with Gasteiger partial charge in [0.2, 0.25) is 0 Å². The SMILES string of the molecule is O=C(c1ccc(OCc2nc3ccc(-c4ccncc4)cc3n2Cc2cc(Cl)ccc2Cl)cc1)N1CCOCC1. The lowest BCUT2D eigenvalue weighted by atomic mass is 10.1. The van der Waals surface area contributed by atoms with Gasteiger partial charge in [0, 0.05) is 41.1 Å². The average Bonchev–Trinajstić information content (AvgIpc) is 3.35. The summed E-state index contributed by atoms with van der Waals surface area (Å²) in [6.07, 6.45) is 3.56. The molecular formula is C31H26Cl2N4O3. The predicted molar refractivity (Wildman–Crippen MR) is 156 cm³/mol. The Bertz CT molecular complexity index is 1650. The van der Waals surface area contributed by atoms with E-state index in [1.54, 1.807) is 36.7 Å². The number of benzene rings is 3. The average molecular weight is 573 g/mol. The Hall–Kier alpha value is -3.91. The number of rotatable bonds is 7. The molecule has 1 saturated heterocycles. The van der Waals surface area contributed by atoms with Crippen LogP contribution in [0.1, 0.15) is 21.7 Å². The van der Waals surface area contributed by atoms with Gasteiger partial charge in [-0.3, -0.25) is 9.78 Å². The maximum absolute atomic E-state index is 12.8. The van der Waals surface area contributed by atoms with Gasteiger partial charge in [0.05, 0.1) is 30.8 Å². The zero-order valence-corrected chi connectivity index (χ0v) is 23.1. The van der Waals surface area contributed by atoms with Crippen LogP contribution < -0.4 is 4.74 Å². The summed E-state index contributed by atoms with van der Waals surface area (Å²) in [5.41, 5.74) is 5.43. The molecule has 5 aromatic rings. The lowest BCUT2D eigenvalue weighted by molar-refractivity contribution is 0.0303. The second-order valence-corrected chi connectivity index (χ2v) is 10.4. The van der Waals surface area contributed by atoms with Crippen molar-refractivity contribution < 1.29 is 14.3 Å². The number of pyridine rings is 1. The van der Waals surface area contributed by atoms with Crippen LogP contribution >= 0.6 is 23.2 Å². The monoisotopic (exact) mass is 572 g/mol. The van der Waals surface area contributed by atoms with Gasteiger partial charge in [0.25, 0.3) is 5.91 Å². The Kier molecular flexibility index (Phi) is 7.68. The van der Waals surface area contributed by atoms with Gasteiger partial charge in [-0.15, -0.1) is 0 Å². The summed E-state index contributed by atoms with van der Waals surface area (Å²) in [4.78, 5) is 23.6. The molecule has 1 aliphatic heterocycles. The molecule has 7 nitrogen and oxygen atoms in total. The summed E-state index contributed by atoms with van der Waals surface area (Å²) in [5, 5.41) is 1.25. The van der Waals surface area contributed by atoms with E-state index < -0.39 is 0 Å². The number of imidazole rings is 1. The largest absolute Gasteiger partial charge is 0.486 e. The highest BCUT2D eigenvalue weighted by molar-refractivity contribution is 6.33. The Balaban J connectivity index is 1.29. The zero-order chi connectivity index (χ0) is 27.5. The van der Waals surface area contributed by atoms with Crippen LogP contribution in [0.25, 0.3) is 22.2 Å². The molecule has 0 spiro atoms. The summed E-state index contributed by atoms with van der Waals surface area (Å²) in [6.45, 7) is 3.05. The molecule has 0 bridgehead atoms. The lowest BCUT2D eigenvalue weighted by Gasteiger charge is -2.26. The number of ether oxygens (including phenoxy) is 2. The van der Waals surface area contributed by atoms with E-state index in [1.807, 2.05) is 41.3 Å². The molecule has 0 saturated carbocycles. The molecule has 9 heteroatoms. The maximum atomic E-state index is 12.8. The van der Waals surface area contributed by atoms with E-state index in [-0.39, 0.29) is 12.5 Å². The van der Waals surface area contributed by atoms with Crippen LogP contribution in [0.15, 0.2) is 85.2 Å². The molecule has 3 heterocycles. The minimum Gasteiger partial charge on any atom is -0.486 e. The third-order valence-electron chi connectivity index (χ3n) is 6.94. The van der Waals surface area contributed by atoms with E-state index in [0.717, 1.165) is 33.5 Å². The number of hydrogen-bond donors (Lipinski definition) is 0. The Morgan fingerprint density at radius 2 is 1.68 bits per heavy atom. The first-order valence-corrected chi connectivity index (χ1v) is 13.7. The Labute approximate surface area is 241 Å². The molecule has 1 amide bonds. The molecule has 0 unspecified atom stereocenters. The molecular weight excluding hydrogens is 547 g/mol. The minimum atomic E-state index is 0.0000414. The fourth-order valence-electron chi connectivity index (χ4n) is 4.81. The Morgan fingerprint density at radius 3 is 2.45 bits per heavy atom. The number of aromatic nitrogens is 3. The molecule has 1 aliphatic rings. The highest BCUT2D eigenvalue weighted by Crippen LogP contribution is 2.28. The van der Waals surface area contributed by atoms with Gasteiger partial charge in [0.15, 0.2) is 0 Å². The topological polar surface area (TPSA) is 69.5 Å². The van der Waals surface area contributed by atoms with Gasteiger partial charge in [-0.25, -0.2) is 4.98 Å². The smallest absolute Gasteiger partial charge is 0.254 e. The van der Waals surface area contributed by atoms with Gasteiger partial charge >= 0.3 is 0 Å². The van der Waals surface area contributed by atoms with Crippen LogP contribution in [0, 0.1) is 0 Å². The van der Waals surface area contributed by atoms with E-state index >= 15 is 0 Å². The van der Waals surface area contributed by atoms with Crippen molar-refractivity contribution in [1.29, 1.82) is 0 Å². The molecule has 202 valence electrons. The van der Waals surface area contributed by atoms with Gasteiger partial charge in [0.1, 0.15) is 18.2 Å². The van der Waals surface area contributed by atoms with Crippen LogP contribution in [-0.4, -0.2) is 51.6 Å². The quantitative estimate of drug-likeness (QED) is 0.222. The molecule has 0 radical (unpaired) electrons. The van der Waals surface area contributed by atoms with E-state index in [9.17, 15) is 4.79 Å². The summed E-state index contributed by atoms with van der Waals surface area (Å²) >= 11 is 12.8. The van der Waals surface area contributed by atoms with Crippen LogP contribution in [0.4, 0.5) is 0 Å². The molecule has 0 aliphatic carbocycles. The molecule has 0 atom stereocenters. The van der Waals surface area contributed by atoms with E-state index in [0.29, 0.717) is 54.2 Å². The van der Waals surface area contributed by atoms with Crippen molar-refractivity contribution in [2.24, 2.45) is 0 Å². The van der Waals surface area contributed by atoms with E-state index in [4.69, 9.17) is 37.7 Å². The lowest BCUT2D eigenvalue weighted by Crippen LogP contribution is -2.40. The number of hydrogen-bond acceptors (Lipinski definition) is 5. The van der Waals surface area contributed by atoms with Crippen molar-refractivity contribution in [2.75, 3.05) is 26.3 Å². The summed E-state index contributed by atoms with van der Waals surface area (Å²) in [6, 6.07) is 22.8. The van der Waals surface area contributed by atoms with Gasteiger partial charge in [-0.2, -0.15) is 0 Å². The van der Waals surface area contributed by atoms with Gasteiger partial charge in [-0.05, 0) is 83.4 Å². The summed E-state index contributed by atoms with van der Waals surface area (Å²) in [7, 11) is 0. The number of amides is 1. The molecule has 2 aromatic heterocycles. The zero-order valence-electron chi connectivity index (χ0n) is 21.6.